The highest BCUT2D eigenvalue weighted by Crippen LogP contribution is 2.07. The van der Waals surface area contributed by atoms with Crippen LogP contribution in [0.1, 0.15) is 40.5 Å². The number of hydrogen-bond donors (Lipinski definition) is 2. The molecule has 1 unspecified atom stereocenters. The highest BCUT2D eigenvalue weighted by atomic mass is 16.6. The number of carboxylic acids is 1. The largest absolute Gasteiger partial charge is 0.480 e. The Morgan fingerprint density at radius 3 is 2.27 bits per heavy atom. The van der Waals surface area contributed by atoms with E-state index in [-0.39, 0.29) is 0 Å². The number of aliphatic carboxylic acids is 1. The third kappa shape index (κ3) is 6.76. The fraction of sp³-hybridized carbons (Fsp3) is 0.800. The Labute approximate surface area is 89.8 Å². The van der Waals surface area contributed by atoms with Crippen LogP contribution in [-0.4, -0.2) is 28.8 Å². The molecule has 0 bridgehead atoms. The SMILES string of the molecule is CCCC(NC(=O)OC(C)(C)C)C(=O)O. The number of rotatable bonds is 4. The van der Waals surface area contributed by atoms with Gasteiger partial charge in [-0.1, -0.05) is 13.3 Å². The Kier molecular flexibility index (Phi) is 5.11. The van der Waals surface area contributed by atoms with Gasteiger partial charge in [0.05, 0.1) is 0 Å². The molecule has 2 N–H and O–H groups in total. The molecule has 0 radical (unpaired) electrons. The van der Waals surface area contributed by atoms with Crippen molar-refractivity contribution < 1.29 is 19.4 Å². The van der Waals surface area contributed by atoms with Gasteiger partial charge in [-0.25, -0.2) is 9.59 Å². The maximum Gasteiger partial charge on any atom is 0.408 e. The Morgan fingerprint density at radius 2 is 1.93 bits per heavy atom. The van der Waals surface area contributed by atoms with Crippen LogP contribution in [0.2, 0.25) is 0 Å². The lowest BCUT2D eigenvalue weighted by Crippen LogP contribution is -2.43. The van der Waals surface area contributed by atoms with Crippen LogP contribution < -0.4 is 5.32 Å². The van der Waals surface area contributed by atoms with Gasteiger partial charge >= 0.3 is 12.1 Å². The Morgan fingerprint density at radius 1 is 1.40 bits per heavy atom. The summed E-state index contributed by atoms with van der Waals surface area (Å²) in [6, 6.07) is -0.871. The number of ether oxygens (including phenoxy) is 1. The first-order valence-corrected chi connectivity index (χ1v) is 4.98. The van der Waals surface area contributed by atoms with Gasteiger partial charge < -0.3 is 15.2 Å². The van der Waals surface area contributed by atoms with E-state index in [1.807, 2.05) is 6.92 Å². The van der Waals surface area contributed by atoms with Gasteiger partial charge in [0.1, 0.15) is 11.6 Å². The van der Waals surface area contributed by atoms with E-state index in [9.17, 15) is 9.59 Å². The summed E-state index contributed by atoms with van der Waals surface area (Å²) in [5.74, 6) is -1.04. The molecule has 88 valence electrons. The van der Waals surface area contributed by atoms with Crippen molar-refractivity contribution in [2.24, 2.45) is 0 Å². The molecule has 5 heteroatoms. The zero-order chi connectivity index (χ0) is 12.1. The van der Waals surface area contributed by atoms with Crippen LogP contribution in [0.15, 0.2) is 0 Å². The van der Waals surface area contributed by atoms with Gasteiger partial charge in [0, 0.05) is 0 Å². The maximum absolute atomic E-state index is 11.3. The molecule has 1 amide bonds. The van der Waals surface area contributed by atoms with Crippen molar-refractivity contribution >= 4 is 12.1 Å². The highest BCUT2D eigenvalue weighted by molar-refractivity contribution is 5.79. The Balaban J connectivity index is 4.18. The molecule has 0 fully saturated rings. The zero-order valence-electron chi connectivity index (χ0n) is 9.66. The second kappa shape index (κ2) is 5.58. The number of carbonyl (C=O) groups is 2. The van der Waals surface area contributed by atoms with E-state index in [4.69, 9.17) is 9.84 Å². The Hall–Kier alpha value is -1.26. The molecule has 0 aromatic heterocycles. The van der Waals surface area contributed by atoms with Crippen LogP contribution in [0.3, 0.4) is 0 Å². The first kappa shape index (κ1) is 13.7. The van der Waals surface area contributed by atoms with E-state index in [2.05, 4.69) is 5.32 Å². The summed E-state index contributed by atoms with van der Waals surface area (Å²) in [5.41, 5.74) is -0.612. The first-order valence-electron chi connectivity index (χ1n) is 4.98. The quantitative estimate of drug-likeness (QED) is 0.752. The molecule has 0 saturated heterocycles. The minimum absolute atomic E-state index is 0.397. The summed E-state index contributed by atoms with van der Waals surface area (Å²) in [4.78, 5) is 22.0. The summed E-state index contributed by atoms with van der Waals surface area (Å²) in [6.07, 6.45) is 0.393. The van der Waals surface area contributed by atoms with E-state index in [1.165, 1.54) is 0 Å². The number of hydrogen-bond acceptors (Lipinski definition) is 3. The van der Waals surface area contributed by atoms with Crippen LogP contribution in [-0.2, 0) is 9.53 Å². The average Bonchev–Trinajstić information content (AvgIpc) is 1.99. The van der Waals surface area contributed by atoms with E-state index in [0.29, 0.717) is 12.8 Å². The molecular weight excluding hydrogens is 198 g/mol. The van der Waals surface area contributed by atoms with Gasteiger partial charge in [0.2, 0.25) is 0 Å². The van der Waals surface area contributed by atoms with Gasteiger partial charge in [-0.15, -0.1) is 0 Å². The third-order valence-corrected chi connectivity index (χ3v) is 1.57. The van der Waals surface area contributed by atoms with Gasteiger partial charge in [-0.2, -0.15) is 0 Å². The second-order valence-electron chi connectivity index (χ2n) is 4.33. The van der Waals surface area contributed by atoms with Crippen molar-refractivity contribution in [3.05, 3.63) is 0 Å². The smallest absolute Gasteiger partial charge is 0.408 e. The van der Waals surface area contributed by atoms with Crippen LogP contribution in [0.4, 0.5) is 4.79 Å². The predicted octanol–water partition coefficient (Wildman–Crippen LogP) is 1.76. The van der Waals surface area contributed by atoms with Crippen LogP contribution in [0.25, 0.3) is 0 Å². The van der Waals surface area contributed by atoms with Crippen molar-refractivity contribution in [2.45, 2.75) is 52.2 Å². The molecule has 1 atom stereocenters. The van der Waals surface area contributed by atoms with Crippen molar-refractivity contribution in [1.82, 2.24) is 5.32 Å². The average molecular weight is 217 g/mol. The third-order valence-electron chi connectivity index (χ3n) is 1.57. The maximum atomic E-state index is 11.3. The van der Waals surface area contributed by atoms with Gasteiger partial charge in [0.25, 0.3) is 0 Å². The van der Waals surface area contributed by atoms with Gasteiger partial charge in [0.15, 0.2) is 0 Å². The fourth-order valence-electron chi connectivity index (χ4n) is 0.996. The minimum atomic E-state index is -1.04. The van der Waals surface area contributed by atoms with E-state index < -0.39 is 23.7 Å². The van der Waals surface area contributed by atoms with E-state index >= 15 is 0 Å². The Bertz CT molecular complexity index is 232. The molecule has 0 aliphatic heterocycles. The second-order valence-corrected chi connectivity index (χ2v) is 4.33. The topological polar surface area (TPSA) is 75.6 Å². The summed E-state index contributed by atoms with van der Waals surface area (Å²) >= 11 is 0. The van der Waals surface area contributed by atoms with Gasteiger partial charge in [-0.3, -0.25) is 0 Å². The van der Waals surface area contributed by atoms with Crippen molar-refractivity contribution in [3.63, 3.8) is 0 Å². The fourth-order valence-corrected chi connectivity index (χ4v) is 0.996. The lowest BCUT2D eigenvalue weighted by molar-refractivity contribution is -0.139. The summed E-state index contributed by atoms with van der Waals surface area (Å²) in [7, 11) is 0. The molecular formula is C10H19NO4. The highest BCUT2D eigenvalue weighted by Gasteiger charge is 2.22. The summed E-state index contributed by atoms with van der Waals surface area (Å²) in [5, 5.41) is 11.1. The lowest BCUT2D eigenvalue weighted by atomic mass is 10.2. The number of alkyl carbamates (subject to hydrolysis) is 1. The molecule has 15 heavy (non-hydrogen) atoms. The first-order chi connectivity index (χ1) is 6.76. The summed E-state index contributed by atoms with van der Waals surface area (Å²) in [6.45, 7) is 7.03. The zero-order valence-corrected chi connectivity index (χ0v) is 9.66. The van der Waals surface area contributed by atoms with E-state index in [1.54, 1.807) is 20.8 Å². The number of carboxylic acid groups (broad SMARTS) is 1. The molecule has 0 aromatic rings. The standard InChI is InChI=1S/C10H19NO4/c1-5-6-7(8(12)13)11-9(14)15-10(2,3)4/h7H,5-6H2,1-4H3,(H,11,14)(H,12,13). The normalized spacial score (nSPS) is 13.1. The predicted molar refractivity (Wildman–Crippen MR) is 55.7 cm³/mol. The molecule has 0 aliphatic rings. The number of amides is 1. The van der Waals surface area contributed by atoms with Crippen molar-refractivity contribution in [2.75, 3.05) is 0 Å². The van der Waals surface area contributed by atoms with Crippen LogP contribution in [0.5, 0.6) is 0 Å². The van der Waals surface area contributed by atoms with Crippen molar-refractivity contribution in [3.8, 4) is 0 Å². The molecule has 0 rings (SSSR count). The minimum Gasteiger partial charge on any atom is -0.480 e. The molecule has 0 aliphatic carbocycles. The molecule has 0 saturated carbocycles. The number of nitrogens with one attached hydrogen (secondary N) is 1. The lowest BCUT2D eigenvalue weighted by Gasteiger charge is -2.21. The van der Waals surface area contributed by atoms with Crippen LogP contribution in [0, 0.1) is 0 Å². The van der Waals surface area contributed by atoms with Crippen molar-refractivity contribution in [1.29, 1.82) is 0 Å². The molecule has 0 heterocycles. The molecule has 0 spiro atoms. The monoisotopic (exact) mass is 217 g/mol. The molecule has 5 nitrogen and oxygen atoms in total. The van der Waals surface area contributed by atoms with E-state index in [0.717, 1.165) is 0 Å². The van der Waals surface area contributed by atoms with Gasteiger partial charge in [-0.05, 0) is 27.2 Å². The molecule has 0 aromatic carbocycles. The summed E-state index contributed by atoms with van der Waals surface area (Å²) < 4.78 is 4.95. The number of carbonyl (C=O) groups excluding carboxylic acids is 1. The van der Waals surface area contributed by atoms with Crippen LogP contribution >= 0.6 is 0 Å².